The predicted octanol–water partition coefficient (Wildman–Crippen LogP) is 3.25. The summed E-state index contributed by atoms with van der Waals surface area (Å²) in [6.07, 6.45) is 5.40. The van der Waals surface area contributed by atoms with Gasteiger partial charge in [0.2, 0.25) is 0 Å². The summed E-state index contributed by atoms with van der Waals surface area (Å²) in [7, 11) is 1.73. The van der Waals surface area contributed by atoms with Gasteiger partial charge in [0.15, 0.2) is 0 Å². The van der Waals surface area contributed by atoms with Gasteiger partial charge in [-0.3, -0.25) is 0 Å². The minimum atomic E-state index is -0.667. The number of ether oxygens (including phenoxy) is 2. The normalized spacial score (nSPS) is 29.1. The summed E-state index contributed by atoms with van der Waals surface area (Å²) >= 11 is 3.56. The molecule has 1 saturated carbocycles. The Hall–Kier alpha value is -0.580. The first-order chi connectivity index (χ1) is 9.59. The van der Waals surface area contributed by atoms with Crippen molar-refractivity contribution in [1.29, 1.82) is 0 Å². The molecule has 2 unspecified atom stereocenters. The predicted molar refractivity (Wildman–Crippen MR) is 81.3 cm³/mol. The highest BCUT2D eigenvalue weighted by molar-refractivity contribution is 9.10. The van der Waals surface area contributed by atoms with Gasteiger partial charge in [-0.05, 0) is 42.5 Å². The van der Waals surface area contributed by atoms with E-state index in [0.717, 1.165) is 48.1 Å². The van der Waals surface area contributed by atoms with Crippen LogP contribution in [0.3, 0.4) is 0 Å². The van der Waals surface area contributed by atoms with Crippen LogP contribution in [0.15, 0.2) is 16.6 Å². The fraction of sp³-hybridized carbons (Fsp3) is 0.625. The average molecular weight is 341 g/mol. The van der Waals surface area contributed by atoms with E-state index in [9.17, 15) is 5.11 Å². The van der Waals surface area contributed by atoms with Crippen molar-refractivity contribution in [2.75, 3.05) is 13.7 Å². The van der Waals surface area contributed by atoms with Gasteiger partial charge in [0, 0.05) is 30.8 Å². The molecule has 1 fully saturated rings. The van der Waals surface area contributed by atoms with E-state index in [1.54, 1.807) is 7.11 Å². The Balaban J connectivity index is 1.84. The molecule has 0 spiro atoms. The van der Waals surface area contributed by atoms with Crippen LogP contribution in [0.5, 0.6) is 5.75 Å². The lowest BCUT2D eigenvalue weighted by Crippen LogP contribution is -2.40. The van der Waals surface area contributed by atoms with Crippen molar-refractivity contribution in [3.63, 3.8) is 0 Å². The molecule has 1 aromatic carbocycles. The van der Waals surface area contributed by atoms with Crippen LogP contribution in [0.1, 0.15) is 36.8 Å². The van der Waals surface area contributed by atoms with Crippen molar-refractivity contribution in [2.45, 2.75) is 50.2 Å². The number of fused-ring (bicyclic) bond motifs is 1. The van der Waals surface area contributed by atoms with Crippen LogP contribution in [-0.2, 0) is 17.6 Å². The number of methoxy groups -OCH3 is 1. The first kappa shape index (κ1) is 14.4. The summed E-state index contributed by atoms with van der Waals surface area (Å²) in [5, 5.41) is 10.9. The topological polar surface area (TPSA) is 38.7 Å². The Bertz CT molecular complexity index is 503. The van der Waals surface area contributed by atoms with Crippen LogP contribution < -0.4 is 4.74 Å². The molecule has 0 aromatic heterocycles. The zero-order valence-corrected chi connectivity index (χ0v) is 13.4. The van der Waals surface area contributed by atoms with E-state index in [-0.39, 0.29) is 6.10 Å². The number of halogens is 1. The SMILES string of the molecule is COC1CCCC(O)(Cc2cc(Br)cc3c2OCC3)C1. The van der Waals surface area contributed by atoms with Crippen molar-refractivity contribution in [2.24, 2.45) is 0 Å². The van der Waals surface area contributed by atoms with Crippen molar-refractivity contribution >= 4 is 15.9 Å². The van der Waals surface area contributed by atoms with Gasteiger partial charge >= 0.3 is 0 Å². The van der Waals surface area contributed by atoms with Gasteiger partial charge in [0.1, 0.15) is 5.75 Å². The van der Waals surface area contributed by atoms with Gasteiger partial charge < -0.3 is 14.6 Å². The number of benzene rings is 1. The molecule has 3 nitrogen and oxygen atoms in total. The molecule has 1 aromatic rings. The summed E-state index contributed by atoms with van der Waals surface area (Å²) in [6.45, 7) is 0.748. The second-order valence-electron chi connectivity index (χ2n) is 6.01. The summed E-state index contributed by atoms with van der Waals surface area (Å²) in [4.78, 5) is 0. The lowest BCUT2D eigenvalue weighted by atomic mass is 9.79. The molecular formula is C16H21BrO3. The Morgan fingerprint density at radius 2 is 2.35 bits per heavy atom. The van der Waals surface area contributed by atoms with Crippen molar-refractivity contribution in [3.8, 4) is 5.75 Å². The van der Waals surface area contributed by atoms with E-state index < -0.39 is 5.60 Å². The average Bonchev–Trinajstić information content (AvgIpc) is 2.86. The second-order valence-corrected chi connectivity index (χ2v) is 6.92. The lowest BCUT2D eigenvalue weighted by molar-refractivity contribution is -0.0583. The summed E-state index contributed by atoms with van der Waals surface area (Å²) < 4.78 is 12.3. The monoisotopic (exact) mass is 340 g/mol. The number of rotatable bonds is 3. The standard InChI is InChI=1S/C16H21BrO3/c1-19-14-3-2-5-16(18,10-14)9-12-8-13(17)7-11-4-6-20-15(11)12/h7-8,14,18H,2-6,9-10H2,1H3. The minimum absolute atomic E-state index is 0.176. The van der Waals surface area contributed by atoms with Gasteiger partial charge in [-0.1, -0.05) is 15.9 Å². The van der Waals surface area contributed by atoms with Crippen LogP contribution >= 0.6 is 15.9 Å². The third kappa shape index (κ3) is 2.87. The molecule has 110 valence electrons. The number of hydrogen-bond acceptors (Lipinski definition) is 3. The first-order valence-corrected chi connectivity index (χ1v) is 8.08. The van der Waals surface area contributed by atoms with Crippen LogP contribution in [0.4, 0.5) is 0 Å². The Labute approximate surface area is 128 Å². The molecule has 0 saturated heterocycles. The van der Waals surface area contributed by atoms with Gasteiger partial charge in [-0.15, -0.1) is 0 Å². The van der Waals surface area contributed by atoms with Crippen LogP contribution in [0, 0.1) is 0 Å². The zero-order chi connectivity index (χ0) is 14.2. The van der Waals surface area contributed by atoms with Crippen LogP contribution in [0.2, 0.25) is 0 Å². The highest BCUT2D eigenvalue weighted by Gasteiger charge is 2.36. The van der Waals surface area contributed by atoms with Gasteiger partial charge in [0.25, 0.3) is 0 Å². The Morgan fingerprint density at radius 1 is 1.50 bits per heavy atom. The summed E-state index contributed by atoms with van der Waals surface area (Å²) in [6, 6.07) is 4.20. The van der Waals surface area contributed by atoms with E-state index in [0.29, 0.717) is 12.8 Å². The molecule has 2 atom stereocenters. The third-order valence-electron chi connectivity index (χ3n) is 4.45. The minimum Gasteiger partial charge on any atom is -0.493 e. The van der Waals surface area contributed by atoms with E-state index in [2.05, 4.69) is 28.1 Å². The largest absolute Gasteiger partial charge is 0.493 e. The molecule has 0 radical (unpaired) electrons. The molecule has 2 aliphatic rings. The molecule has 1 N–H and O–H groups in total. The molecule has 1 heterocycles. The first-order valence-electron chi connectivity index (χ1n) is 7.29. The molecule has 3 rings (SSSR count). The maximum Gasteiger partial charge on any atom is 0.125 e. The number of hydrogen-bond donors (Lipinski definition) is 1. The highest BCUT2D eigenvalue weighted by atomic mass is 79.9. The molecule has 20 heavy (non-hydrogen) atoms. The number of aliphatic hydroxyl groups is 1. The maximum atomic E-state index is 10.9. The van der Waals surface area contributed by atoms with Crippen LogP contribution in [0.25, 0.3) is 0 Å². The van der Waals surface area contributed by atoms with Gasteiger partial charge in [0.05, 0.1) is 18.3 Å². The Morgan fingerprint density at radius 3 is 3.15 bits per heavy atom. The maximum absolute atomic E-state index is 10.9. The van der Waals surface area contributed by atoms with E-state index in [4.69, 9.17) is 9.47 Å². The smallest absolute Gasteiger partial charge is 0.125 e. The van der Waals surface area contributed by atoms with Crippen molar-refractivity contribution in [3.05, 3.63) is 27.7 Å². The van der Waals surface area contributed by atoms with Crippen molar-refractivity contribution < 1.29 is 14.6 Å². The van der Waals surface area contributed by atoms with Gasteiger partial charge in [-0.2, -0.15) is 0 Å². The molecule has 4 heteroatoms. The third-order valence-corrected chi connectivity index (χ3v) is 4.91. The summed E-state index contributed by atoms with van der Waals surface area (Å²) in [5.41, 5.74) is 1.70. The lowest BCUT2D eigenvalue weighted by Gasteiger charge is -2.36. The Kier molecular flexibility index (Phi) is 4.07. The fourth-order valence-corrected chi connectivity index (χ4v) is 4.03. The van der Waals surface area contributed by atoms with Crippen LogP contribution in [-0.4, -0.2) is 30.5 Å². The quantitative estimate of drug-likeness (QED) is 0.917. The van der Waals surface area contributed by atoms with E-state index in [1.165, 1.54) is 5.56 Å². The summed E-state index contributed by atoms with van der Waals surface area (Å²) in [5.74, 6) is 0.987. The van der Waals surface area contributed by atoms with Crippen molar-refractivity contribution in [1.82, 2.24) is 0 Å². The molecule has 1 aliphatic heterocycles. The van der Waals surface area contributed by atoms with E-state index in [1.807, 2.05) is 0 Å². The second kappa shape index (κ2) is 5.66. The van der Waals surface area contributed by atoms with E-state index >= 15 is 0 Å². The van der Waals surface area contributed by atoms with Gasteiger partial charge in [-0.25, -0.2) is 0 Å². The molecular weight excluding hydrogens is 320 g/mol. The zero-order valence-electron chi connectivity index (χ0n) is 11.8. The molecule has 0 bridgehead atoms. The highest BCUT2D eigenvalue weighted by Crippen LogP contribution is 2.39. The molecule has 0 amide bonds. The fourth-order valence-electron chi connectivity index (χ4n) is 3.48. The molecule has 1 aliphatic carbocycles.